The van der Waals surface area contributed by atoms with Gasteiger partial charge in [0.05, 0.1) is 11.6 Å². The fourth-order valence-corrected chi connectivity index (χ4v) is 5.75. The molecule has 0 bridgehead atoms. The molecule has 0 radical (unpaired) electrons. The molecular formula is C27H29NO7. The highest BCUT2D eigenvalue weighted by molar-refractivity contribution is 6.25. The van der Waals surface area contributed by atoms with Gasteiger partial charge in [0.15, 0.2) is 17.2 Å². The predicted octanol–water partition coefficient (Wildman–Crippen LogP) is 2.22. The molecule has 35 heavy (non-hydrogen) atoms. The van der Waals surface area contributed by atoms with Crippen LogP contribution in [0.4, 0.5) is 0 Å². The minimum Gasteiger partial charge on any atom is -0.508 e. The number of aliphatic hydroxyl groups is 3. The third kappa shape index (κ3) is 3.49. The van der Waals surface area contributed by atoms with Gasteiger partial charge in [0.25, 0.3) is 0 Å². The largest absolute Gasteiger partial charge is 0.508 e. The van der Waals surface area contributed by atoms with E-state index in [0.717, 1.165) is 13.3 Å². The van der Waals surface area contributed by atoms with Crippen LogP contribution in [0.1, 0.15) is 49.8 Å². The van der Waals surface area contributed by atoms with E-state index in [1.807, 2.05) is 6.92 Å². The quantitative estimate of drug-likeness (QED) is 0.383. The third-order valence-corrected chi connectivity index (χ3v) is 7.31. The normalized spacial score (nSPS) is 27.8. The molecule has 184 valence electrons. The van der Waals surface area contributed by atoms with E-state index in [1.165, 1.54) is 11.0 Å². The summed E-state index contributed by atoms with van der Waals surface area (Å²) in [6, 6.07) is 2.02. The number of ketones is 3. The summed E-state index contributed by atoms with van der Waals surface area (Å²) in [6.45, 7) is 3.09. The summed E-state index contributed by atoms with van der Waals surface area (Å²) in [5, 5.41) is 44.3. The molecule has 0 spiro atoms. The van der Waals surface area contributed by atoms with Crippen LogP contribution in [0.15, 0.2) is 29.0 Å². The van der Waals surface area contributed by atoms with Crippen LogP contribution in [-0.2, 0) is 20.8 Å². The number of nitrogens with zero attached hydrogens (tertiary/aromatic N) is 1. The minimum absolute atomic E-state index is 0.0706. The maximum Gasteiger partial charge on any atom is 0.202 e. The van der Waals surface area contributed by atoms with Crippen molar-refractivity contribution in [2.75, 3.05) is 14.1 Å². The third-order valence-electron chi connectivity index (χ3n) is 7.31. The van der Waals surface area contributed by atoms with Crippen molar-refractivity contribution in [3.63, 3.8) is 0 Å². The molecule has 8 nitrogen and oxygen atoms in total. The number of carbonyl (C=O) groups excluding carboxylic acids is 3. The lowest BCUT2D eigenvalue weighted by Crippen LogP contribution is -2.65. The molecule has 0 saturated heterocycles. The van der Waals surface area contributed by atoms with Crippen LogP contribution in [0, 0.1) is 23.7 Å². The Hall–Kier alpha value is -3.41. The topological polar surface area (TPSA) is 135 Å². The van der Waals surface area contributed by atoms with E-state index in [9.17, 15) is 34.8 Å². The lowest BCUT2D eigenvalue weighted by atomic mass is 9.57. The van der Waals surface area contributed by atoms with Crippen molar-refractivity contribution < 1.29 is 34.8 Å². The second kappa shape index (κ2) is 8.67. The van der Waals surface area contributed by atoms with Crippen LogP contribution in [0.5, 0.6) is 5.75 Å². The number of fused-ring (bicyclic) bond motifs is 3. The van der Waals surface area contributed by atoms with Crippen LogP contribution < -0.4 is 0 Å². The van der Waals surface area contributed by atoms with Gasteiger partial charge in [0.1, 0.15) is 22.8 Å². The summed E-state index contributed by atoms with van der Waals surface area (Å²) >= 11 is 0. The van der Waals surface area contributed by atoms with Crippen molar-refractivity contribution in [3.8, 4) is 17.6 Å². The smallest absolute Gasteiger partial charge is 0.202 e. The number of Topliss-reactive ketones (excluding diaryl/α,β-unsaturated/α-hetero) is 3. The Labute approximate surface area is 203 Å². The predicted molar refractivity (Wildman–Crippen MR) is 128 cm³/mol. The molecule has 3 aliphatic carbocycles. The Kier molecular flexibility index (Phi) is 6.12. The first-order valence-electron chi connectivity index (χ1n) is 11.7. The summed E-state index contributed by atoms with van der Waals surface area (Å²) in [4.78, 5) is 40.7. The van der Waals surface area contributed by atoms with Crippen molar-refractivity contribution >= 4 is 23.1 Å². The fourth-order valence-electron chi connectivity index (χ4n) is 5.75. The van der Waals surface area contributed by atoms with Gasteiger partial charge in [-0.05, 0) is 63.9 Å². The van der Waals surface area contributed by atoms with Gasteiger partial charge in [-0.25, -0.2) is 0 Å². The molecule has 1 fully saturated rings. The number of hydrogen-bond acceptors (Lipinski definition) is 8. The van der Waals surface area contributed by atoms with Gasteiger partial charge in [-0.2, -0.15) is 0 Å². The zero-order valence-electron chi connectivity index (χ0n) is 20.2. The van der Waals surface area contributed by atoms with Crippen molar-refractivity contribution in [2.45, 2.75) is 51.2 Å². The number of phenols is 1. The van der Waals surface area contributed by atoms with Crippen LogP contribution in [0.25, 0.3) is 5.76 Å². The molecule has 0 amide bonds. The van der Waals surface area contributed by atoms with Crippen molar-refractivity contribution in [1.29, 1.82) is 0 Å². The fraction of sp³-hybridized carbons (Fsp3) is 0.444. The van der Waals surface area contributed by atoms with Gasteiger partial charge in [-0.3, -0.25) is 19.3 Å². The Morgan fingerprint density at radius 2 is 1.89 bits per heavy atom. The molecule has 8 heteroatoms. The van der Waals surface area contributed by atoms with Crippen molar-refractivity contribution in [2.24, 2.45) is 11.8 Å². The first-order valence-corrected chi connectivity index (χ1v) is 11.7. The SMILES string of the molecule is CCCC#Cc1ccc(O)c2c1C[C@H]1C[C@H]3[C@H](N(C)C)C(=O)C(C(C)=O)=C(O)[C@@]3(O)C(=O)C1=C2O. The van der Waals surface area contributed by atoms with Crippen LogP contribution >= 0.6 is 0 Å². The standard InChI is InChI=1S/C27H29NO7/c1-5-6-7-8-14-9-10-18(30)21-16(14)11-15-12-17-22(28(3)4)24(32)19(13(2)29)25(33)27(17,35)26(34)20(15)23(21)31/h9-10,15,17,22,30-31,33,35H,5-6,11-12H2,1-4H3/t15-,17-,22-,27+/m0/s1. The highest BCUT2D eigenvalue weighted by Crippen LogP contribution is 2.52. The average molecular weight is 480 g/mol. The van der Waals surface area contributed by atoms with Gasteiger partial charge in [0.2, 0.25) is 5.78 Å². The molecule has 1 saturated carbocycles. The second-order valence-electron chi connectivity index (χ2n) is 9.69. The van der Waals surface area contributed by atoms with E-state index in [2.05, 4.69) is 11.8 Å². The van der Waals surface area contributed by atoms with Gasteiger partial charge in [-0.15, -0.1) is 0 Å². The second-order valence-corrected chi connectivity index (χ2v) is 9.69. The molecule has 0 unspecified atom stereocenters. The summed E-state index contributed by atoms with van der Waals surface area (Å²) in [5.41, 5.74) is -2.02. The highest BCUT2D eigenvalue weighted by atomic mass is 16.3. The van der Waals surface area contributed by atoms with Gasteiger partial charge >= 0.3 is 0 Å². The molecule has 4 N–H and O–H groups in total. The van der Waals surface area contributed by atoms with Crippen molar-refractivity contribution in [3.05, 3.63) is 45.7 Å². The number of aliphatic hydroxyl groups excluding tert-OH is 2. The lowest BCUT2D eigenvalue weighted by molar-refractivity contribution is -0.153. The van der Waals surface area contributed by atoms with Gasteiger partial charge in [-0.1, -0.05) is 18.8 Å². The summed E-state index contributed by atoms with van der Waals surface area (Å²) in [7, 11) is 3.21. The van der Waals surface area contributed by atoms with E-state index in [1.54, 1.807) is 20.2 Å². The molecule has 0 aliphatic heterocycles. The molecule has 1 aromatic carbocycles. The monoisotopic (exact) mass is 479 g/mol. The number of carbonyl (C=O) groups is 3. The van der Waals surface area contributed by atoms with Gasteiger partial charge < -0.3 is 20.4 Å². The lowest BCUT2D eigenvalue weighted by Gasteiger charge is -2.50. The van der Waals surface area contributed by atoms with Crippen molar-refractivity contribution in [1.82, 2.24) is 4.90 Å². The van der Waals surface area contributed by atoms with Gasteiger partial charge in [0, 0.05) is 23.5 Å². The Balaban J connectivity index is 1.95. The summed E-state index contributed by atoms with van der Waals surface area (Å²) in [6.07, 6.45) is 1.88. The van der Waals surface area contributed by atoms with Crippen LogP contribution in [-0.4, -0.2) is 68.4 Å². The minimum atomic E-state index is -2.56. The number of benzene rings is 1. The molecule has 3 aliphatic rings. The van der Waals surface area contributed by atoms with E-state index in [4.69, 9.17) is 0 Å². The average Bonchev–Trinajstić information content (AvgIpc) is 2.77. The van der Waals surface area contributed by atoms with E-state index < -0.39 is 57.9 Å². The first kappa shape index (κ1) is 24.7. The van der Waals surface area contributed by atoms with E-state index >= 15 is 0 Å². The highest BCUT2D eigenvalue weighted by Gasteiger charge is 2.64. The number of unbranched alkanes of at least 4 members (excludes halogenated alkanes) is 1. The van der Waals surface area contributed by atoms with Crippen LogP contribution in [0.3, 0.4) is 0 Å². The molecule has 4 rings (SSSR count). The number of likely N-dealkylation sites (N-methyl/N-ethyl adjacent to an activating group) is 1. The number of aromatic hydroxyl groups is 1. The summed E-state index contributed by atoms with van der Waals surface area (Å²) < 4.78 is 0. The Morgan fingerprint density at radius 1 is 1.20 bits per heavy atom. The Morgan fingerprint density at radius 3 is 2.49 bits per heavy atom. The van der Waals surface area contributed by atoms with E-state index in [0.29, 0.717) is 17.5 Å². The first-order chi connectivity index (χ1) is 16.5. The molecule has 1 aromatic rings. The van der Waals surface area contributed by atoms with Crippen LogP contribution in [0.2, 0.25) is 0 Å². The summed E-state index contributed by atoms with van der Waals surface area (Å²) in [5.74, 6) is 0.414. The zero-order valence-corrected chi connectivity index (χ0v) is 20.2. The maximum absolute atomic E-state index is 13.8. The van der Waals surface area contributed by atoms with E-state index in [-0.39, 0.29) is 29.7 Å². The molecule has 0 aromatic heterocycles. The molecule has 0 heterocycles. The maximum atomic E-state index is 13.8. The number of hydrogen-bond donors (Lipinski definition) is 4. The molecular weight excluding hydrogens is 450 g/mol. The number of rotatable bonds is 3. The Bertz CT molecular complexity index is 1280. The number of phenolic OH excluding ortho intramolecular Hbond substituents is 1. The zero-order chi connectivity index (χ0) is 25.8. The molecule has 4 atom stereocenters.